The van der Waals surface area contributed by atoms with Crippen LogP contribution in [0.25, 0.3) is 5.76 Å². The van der Waals surface area contributed by atoms with Crippen molar-refractivity contribution in [2.24, 2.45) is 0 Å². The van der Waals surface area contributed by atoms with Gasteiger partial charge in [0.05, 0.1) is 11.6 Å². The van der Waals surface area contributed by atoms with Crippen molar-refractivity contribution in [2.45, 2.75) is 33.1 Å². The number of aliphatic hydroxyl groups is 1. The highest BCUT2D eigenvalue weighted by Gasteiger charge is 2.48. The molecule has 2 heterocycles. The lowest BCUT2D eigenvalue weighted by Gasteiger charge is -2.22. The predicted octanol–water partition coefficient (Wildman–Crippen LogP) is 6.94. The molecule has 1 fully saturated rings. The summed E-state index contributed by atoms with van der Waals surface area (Å²) in [5, 5.41) is 20.6. The maximum atomic E-state index is 13.5. The Bertz CT molecular complexity index is 1830. The zero-order valence-electron chi connectivity index (χ0n) is 24.1. The van der Waals surface area contributed by atoms with Crippen molar-refractivity contribution in [2.75, 3.05) is 4.90 Å². The molecular formula is C35H29N3O5S. The van der Waals surface area contributed by atoms with Gasteiger partial charge in [0.25, 0.3) is 5.78 Å². The lowest BCUT2D eigenvalue weighted by molar-refractivity contribution is -0.132. The number of aryl methyl sites for hydroxylation is 2. The largest absolute Gasteiger partial charge is 0.507 e. The molecule has 0 aliphatic carbocycles. The number of anilines is 1. The number of carbonyl (C=O) groups is 2. The molecule has 4 aromatic carbocycles. The third-order valence-corrected chi connectivity index (χ3v) is 8.23. The van der Waals surface area contributed by atoms with Crippen LogP contribution in [0.2, 0.25) is 0 Å². The molecule has 5 aromatic rings. The van der Waals surface area contributed by atoms with Crippen molar-refractivity contribution in [1.29, 1.82) is 0 Å². The highest BCUT2D eigenvalue weighted by Crippen LogP contribution is 2.43. The van der Waals surface area contributed by atoms with E-state index in [0.29, 0.717) is 40.8 Å². The standard InChI is InChI=1S/C35H29N3O5S/c1-22-8-6-7-11-27(22)21-43-29-18-14-26(15-19-29)32(39)30-31(38(34(41)33(30)40)35-37-36-23(2)44-35)25-12-16-28(17-13-25)42-20-24-9-4-3-5-10-24/h3-19,31,39H,20-21H2,1-2H3. The number of aromatic nitrogens is 2. The van der Waals surface area contributed by atoms with Crippen LogP contribution in [0.15, 0.2) is 109 Å². The monoisotopic (exact) mass is 603 g/mol. The topological polar surface area (TPSA) is 102 Å². The lowest BCUT2D eigenvalue weighted by atomic mass is 9.95. The quantitative estimate of drug-likeness (QED) is 0.111. The van der Waals surface area contributed by atoms with Crippen LogP contribution in [0.5, 0.6) is 11.5 Å². The van der Waals surface area contributed by atoms with Gasteiger partial charge in [-0.05, 0) is 72.5 Å². The van der Waals surface area contributed by atoms with Gasteiger partial charge < -0.3 is 14.6 Å². The van der Waals surface area contributed by atoms with Gasteiger partial charge in [0.15, 0.2) is 0 Å². The van der Waals surface area contributed by atoms with Gasteiger partial charge in [-0.2, -0.15) is 0 Å². The number of ether oxygens (including phenoxy) is 2. The number of hydrogen-bond donors (Lipinski definition) is 1. The first kappa shape index (κ1) is 28.8. The first-order valence-electron chi connectivity index (χ1n) is 14.0. The first-order chi connectivity index (χ1) is 21.4. The number of Topliss-reactive ketones (excluding diaryl/α,β-unsaturated/α-hetero) is 1. The zero-order chi connectivity index (χ0) is 30.6. The summed E-state index contributed by atoms with van der Waals surface area (Å²) in [6.45, 7) is 4.59. The number of benzene rings is 4. The zero-order valence-corrected chi connectivity index (χ0v) is 25.0. The molecular weight excluding hydrogens is 574 g/mol. The fourth-order valence-corrected chi connectivity index (χ4v) is 5.73. The molecule has 1 N–H and O–H groups in total. The average Bonchev–Trinajstić information content (AvgIpc) is 3.59. The Morgan fingerprint density at radius 3 is 2.09 bits per heavy atom. The maximum Gasteiger partial charge on any atom is 0.301 e. The van der Waals surface area contributed by atoms with Crippen LogP contribution in [0.4, 0.5) is 5.13 Å². The van der Waals surface area contributed by atoms with E-state index in [2.05, 4.69) is 10.2 Å². The van der Waals surface area contributed by atoms with Crippen LogP contribution in [-0.2, 0) is 22.8 Å². The summed E-state index contributed by atoms with van der Waals surface area (Å²) in [4.78, 5) is 28.2. The minimum atomic E-state index is -0.914. The number of aliphatic hydroxyl groups excluding tert-OH is 1. The van der Waals surface area contributed by atoms with Gasteiger partial charge in [-0.15, -0.1) is 10.2 Å². The Labute approximate surface area is 258 Å². The van der Waals surface area contributed by atoms with E-state index in [1.54, 1.807) is 55.5 Å². The number of hydrogen-bond acceptors (Lipinski definition) is 8. The molecule has 9 heteroatoms. The molecule has 1 amide bonds. The summed E-state index contributed by atoms with van der Waals surface area (Å²) in [5.74, 6) is -0.633. The van der Waals surface area contributed by atoms with Gasteiger partial charge in [-0.3, -0.25) is 14.5 Å². The molecule has 44 heavy (non-hydrogen) atoms. The van der Waals surface area contributed by atoms with Crippen molar-refractivity contribution in [1.82, 2.24) is 10.2 Å². The molecule has 1 unspecified atom stereocenters. The number of amides is 1. The van der Waals surface area contributed by atoms with Gasteiger partial charge in [-0.25, -0.2) is 0 Å². The number of nitrogens with zero attached hydrogens (tertiary/aromatic N) is 3. The fraction of sp³-hybridized carbons (Fsp3) is 0.143. The highest BCUT2D eigenvalue weighted by molar-refractivity contribution is 7.15. The summed E-state index contributed by atoms with van der Waals surface area (Å²) < 4.78 is 11.9. The summed E-state index contributed by atoms with van der Waals surface area (Å²) in [6.07, 6.45) is 0. The van der Waals surface area contributed by atoms with Crippen LogP contribution >= 0.6 is 11.3 Å². The Morgan fingerprint density at radius 1 is 0.795 bits per heavy atom. The maximum absolute atomic E-state index is 13.5. The molecule has 1 aliphatic heterocycles. The van der Waals surface area contributed by atoms with Crippen LogP contribution < -0.4 is 14.4 Å². The Balaban J connectivity index is 1.30. The molecule has 0 radical (unpaired) electrons. The normalized spacial score (nSPS) is 15.9. The number of carbonyl (C=O) groups excluding carboxylic acids is 2. The lowest BCUT2D eigenvalue weighted by Crippen LogP contribution is -2.29. The van der Waals surface area contributed by atoms with Gasteiger partial charge >= 0.3 is 5.91 Å². The third kappa shape index (κ3) is 5.95. The Hall–Kier alpha value is -5.28. The van der Waals surface area contributed by atoms with E-state index >= 15 is 0 Å². The fourth-order valence-electron chi connectivity index (χ4n) is 5.01. The van der Waals surface area contributed by atoms with Crippen molar-refractivity contribution in [3.8, 4) is 11.5 Å². The van der Waals surface area contributed by atoms with Crippen molar-refractivity contribution in [3.63, 3.8) is 0 Å². The molecule has 0 saturated carbocycles. The number of rotatable bonds is 9. The summed E-state index contributed by atoms with van der Waals surface area (Å²) in [5.41, 5.74) is 4.20. The molecule has 1 aromatic heterocycles. The van der Waals surface area contributed by atoms with Gasteiger partial charge in [-0.1, -0.05) is 78.1 Å². The van der Waals surface area contributed by atoms with Gasteiger partial charge in [0, 0.05) is 5.56 Å². The predicted molar refractivity (Wildman–Crippen MR) is 169 cm³/mol. The van der Waals surface area contributed by atoms with Crippen LogP contribution in [-0.4, -0.2) is 27.0 Å². The molecule has 6 rings (SSSR count). The van der Waals surface area contributed by atoms with Gasteiger partial charge in [0.1, 0.15) is 35.5 Å². The Morgan fingerprint density at radius 2 is 1.43 bits per heavy atom. The van der Waals surface area contributed by atoms with E-state index in [1.165, 1.54) is 16.2 Å². The van der Waals surface area contributed by atoms with Crippen LogP contribution in [0.3, 0.4) is 0 Å². The molecule has 0 spiro atoms. The van der Waals surface area contributed by atoms with Crippen molar-refractivity contribution in [3.05, 3.63) is 142 Å². The second-order valence-electron chi connectivity index (χ2n) is 10.4. The van der Waals surface area contributed by atoms with Crippen LogP contribution in [0, 0.1) is 13.8 Å². The molecule has 1 saturated heterocycles. The van der Waals surface area contributed by atoms with E-state index < -0.39 is 17.7 Å². The third-order valence-electron chi connectivity index (χ3n) is 7.39. The number of ketones is 1. The smallest absolute Gasteiger partial charge is 0.301 e. The SMILES string of the molecule is Cc1nnc(N2C(=O)C(=O)C(=C(O)c3ccc(OCc4ccccc4C)cc3)C2c2ccc(OCc3ccccc3)cc2)s1. The summed E-state index contributed by atoms with van der Waals surface area (Å²) >= 11 is 1.20. The van der Waals surface area contributed by atoms with E-state index in [1.807, 2.05) is 61.5 Å². The molecule has 1 atom stereocenters. The average molecular weight is 604 g/mol. The van der Waals surface area contributed by atoms with E-state index in [-0.39, 0.29) is 16.5 Å². The Kier molecular flexibility index (Phi) is 8.21. The molecule has 220 valence electrons. The summed E-state index contributed by atoms with van der Waals surface area (Å²) in [7, 11) is 0. The highest BCUT2D eigenvalue weighted by atomic mass is 32.1. The molecule has 1 aliphatic rings. The van der Waals surface area contributed by atoms with Gasteiger partial charge in [0.2, 0.25) is 5.13 Å². The second kappa shape index (κ2) is 12.5. The van der Waals surface area contributed by atoms with E-state index in [4.69, 9.17) is 9.47 Å². The minimum Gasteiger partial charge on any atom is -0.507 e. The van der Waals surface area contributed by atoms with Crippen molar-refractivity contribution >= 4 is 33.9 Å². The second-order valence-corrected chi connectivity index (χ2v) is 11.5. The van der Waals surface area contributed by atoms with E-state index in [9.17, 15) is 14.7 Å². The van der Waals surface area contributed by atoms with E-state index in [0.717, 1.165) is 16.7 Å². The van der Waals surface area contributed by atoms with Crippen LogP contribution in [0.1, 0.15) is 38.9 Å². The first-order valence-corrected chi connectivity index (χ1v) is 14.9. The molecule has 0 bridgehead atoms. The van der Waals surface area contributed by atoms with Crippen molar-refractivity contribution < 1.29 is 24.2 Å². The molecule has 8 nitrogen and oxygen atoms in total. The minimum absolute atomic E-state index is 0.0330. The summed E-state index contributed by atoms with van der Waals surface area (Å²) in [6, 6.07) is 30.8.